The molecule has 0 saturated carbocycles. The Morgan fingerprint density at radius 2 is 2.00 bits per heavy atom. The Morgan fingerprint density at radius 3 is 2.52 bits per heavy atom. The predicted octanol–water partition coefficient (Wildman–Crippen LogP) is 0.130. The first-order valence-electron chi connectivity index (χ1n) is 5.95. The minimum Gasteiger partial charge on any atom is -0.343 e. The van der Waals surface area contributed by atoms with Gasteiger partial charge in [0, 0.05) is 12.6 Å². The largest absolute Gasteiger partial charge is 0.343 e. The molecule has 0 unspecified atom stereocenters. The Morgan fingerprint density at radius 1 is 1.33 bits per heavy atom. The van der Waals surface area contributed by atoms with E-state index in [0.717, 1.165) is 0 Å². The molecular weight excluding hydrogens is 296 g/mol. The van der Waals surface area contributed by atoms with Gasteiger partial charge in [0.25, 0.3) is 5.91 Å². The van der Waals surface area contributed by atoms with E-state index in [-0.39, 0.29) is 18.2 Å². The predicted molar refractivity (Wildman–Crippen MR) is 73.3 cm³/mol. The van der Waals surface area contributed by atoms with Crippen LogP contribution in [-0.4, -0.2) is 36.4 Å². The summed E-state index contributed by atoms with van der Waals surface area (Å²) >= 11 is 0. The SMILES string of the molecule is CN(Cc1ncon1)C(=O)c1ccc(CS(N)(=O)=O)cc1. The fourth-order valence-electron chi connectivity index (χ4n) is 1.74. The normalized spacial score (nSPS) is 11.3. The molecule has 1 aromatic carbocycles. The zero-order valence-electron chi connectivity index (χ0n) is 11.3. The Kier molecular flexibility index (Phi) is 4.34. The van der Waals surface area contributed by atoms with Gasteiger partial charge in [-0.2, -0.15) is 4.98 Å². The maximum absolute atomic E-state index is 12.2. The van der Waals surface area contributed by atoms with Crippen LogP contribution in [0.1, 0.15) is 21.7 Å². The van der Waals surface area contributed by atoms with Gasteiger partial charge in [0.15, 0.2) is 5.82 Å². The number of benzene rings is 1. The van der Waals surface area contributed by atoms with Gasteiger partial charge in [-0.1, -0.05) is 17.3 Å². The summed E-state index contributed by atoms with van der Waals surface area (Å²) in [4.78, 5) is 17.4. The lowest BCUT2D eigenvalue weighted by atomic mass is 10.1. The van der Waals surface area contributed by atoms with Gasteiger partial charge in [-0.3, -0.25) is 4.79 Å². The third-order valence-electron chi connectivity index (χ3n) is 2.70. The van der Waals surface area contributed by atoms with Crippen LogP contribution in [0.3, 0.4) is 0 Å². The van der Waals surface area contributed by atoms with Gasteiger partial charge in [0.05, 0.1) is 12.3 Å². The number of nitrogens with two attached hydrogens (primary N) is 1. The van der Waals surface area contributed by atoms with Crippen molar-refractivity contribution >= 4 is 15.9 Å². The molecule has 0 radical (unpaired) electrons. The lowest BCUT2D eigenvalue weighted by molar-refractivity contribution is 0.0780. The molecule has 0 saturated heterocycles. The van der Waals surface area contributed by atoms with Gasteiger partial charge >= 0.3 is 0 Å². The van der Waals surface area contributed by atoms with Crippen LogP contribution in [0.2, 0.25) is 0 Å². The van der Waals surface area contributed by atoms with Crippen LogP contribution in [0.15, 0.2) is 35.2 Å². The van der Waals surface area contributed by atoms with E-state index in [1.807, 2.05) is 0 Å². The molecular formula is C12H14N4O4S. The number of hydrogen-bond acceptors (Lipinski definition) is 6. The number of amides is 1. The molecule has 9 heteroatoms. The highest BCUT2D eigenvalue weighted by Gasteiger charge is 2.14. The molecule has 21 heavy (non-hydrogen) atoms. The molecule has 0 aliphatic carbocycles. The zero-order valence-corrected chi connectivity index (χ0v) is 12.1. The topological polar surface area (TPSA) is 119 Å². The van der Waals surface area contributed by atoms with E-state index in [0.29, 0.717) is 17.0 Å². The van der Waals surface area contributed by atoms with Gasteiger partial charge in [-0.05, 0) is 17.7 Å². The first-order valence-corrected chi connectivity index (χ1v) is 7.67. The average Bonchev–Trinajstić information content (AvgIpc) is 2.90. The Labute approximate surface area is 121 Å². The minimum atomic E-state index is -3.58. The van der Waals surface area contributed by atoms with Crippen molar-refractivity contribution in [2.75, 3.05) is 7.05 Å². The molecule has 1 aromatic heterocycles. The van der Waals surface area contributed by atoms with E-state index >= 15 is 0 Å². The standard InChI is InChI=1S/C12H14N4O4S/c1-16(6-11-14-8-20-15-11)12(17)10-4-2-9(3-5-10)7-21(13,18)19/h2-5,8H,6-7H2,1H3,(H2,13,18,19). The Hall–Kier alpha value is -2.26. The quantitative estimate of drug-likeness (QED) is 0.838. The second kappa shape index (κ2) is 6.02. The fourth-order valence-corrected chi connectivity index (χ4v) is 2.40. The second-order valence-corrected chi connectivity index (χ2v) is 6.13. The summed E-state index contributed by atoms with van der Waals surface area (Å²) < 4.78 is 26.6. The molecule has 2 rings (SSSR count). The van der Waals surface area contributed by atoms with Crippen LogP contribution in [0.5, 0.6) is 0 Å². The van der Waals surface area contributed by atoms with Crippen molar-refractivity contribution in [3.8, 4) is 0 Å². The number of hydrogen-bond donors (Lipinski definition) is 1. The van der Waals surface area contributed by atoms with Crippen LogP contribution < -0.4 is 5.14 Å². The summed E-state index contributed by atoms with van der Waals surface area (Å²) in [6.07, 6.45) is 1.19. The molecule has 0 atom stereocenters. The van der Waals surface area contributed by atoms with E-state index in [4.69, 9.17) is 5.14 Å². The molecule has 8 nitrogen and oxygen atoms in total. The summed E-state index contributed by atoms with van der Waals surface area (Å²) in [5.74, 6) is -0.0983. The molecule has 0 aliphatic heterocycles. The van der Waals surface area contributed by atoms with Crippen molar-refractivity contribution in [3.63, 3.8) is 0 Å². The van der Waals surface area contributed by atoms with Crippen molar-refractivity contribution in [1.82, 2.24) is 15.0 Å². The van der Waals surface area contributed by atoms with Crippen molar-refractivity contribution in [2.45, 2.75) is 12.3 Å². The average molecular weight is 310 g/mol. The van der Waals surface area contributed by atoms with Crippen LogP contribution in [-0.2, 0) is 22.3 Å². The number of carbonyl (C=O) groups excluding carboxylic acids is 1. The lowest BCUT2D eigenvalue weighted by Gasteiger charge is -2.15. The van der Waals surface area contributed by atoms with Crippen molar-refractivity contribution < 1.29 is 17.7 Å². The molecule has 112 valence electrons. The van der Waals surface area contributed by atoms with Gasteiger partial charge < -0.3 is 9.42 Å². The number of aromatic nitrogens is 2. The maximum Gasteiger partial charge on any atom is 0.254 e. The third-order valence-corrected chi connectivity index (χ3v) is 3.44. The van der Waals surface area contributed by atoms with Crippen molar-refractivity contribution in [2.24, 2.45) is 5.14 Å². The molecule has 0 bridgehead atoms. The van der Waals surface area contributed by atoms with E-state index in [1.165, 1.54) is 11.3 Å². The van der Waals surface area contributed by atoms with Crippen LogP contribution >= 0.6 is 0 Å². The highest BCUT2D eigenvalue weighted by molar-refractivity contribution is 7.88. The summed E-state index contributed by atoms with van der Waals surface area (Å²) in [6.45, 7) is 0.217. The smallest absolute Gasteiger partial charge is 0.254 e. The van der Waals surface area contributed by atoms with Crippen LogP contribution in [0.25, 0.3) is 0 Å². The second-order valence-electron chi connectivity index (χ2n) is 4.51. The van der Waals surface area contributed by atoms with E-state index in [1.54, 1.807) is 31.3 Å². The molecule has 2 N–H and O–H groups in total. The van der Waals surface area contributed by atoms with Crippen molar-refractivity contribution in [3.05, 3.63) is 47.6 Å². The first kappa shape index (κ1) is 15.1. The maximum atomic E-state index is 12.2. The van der Waals surface area contributed by atoms with Crippen LogP contribution in [0.4, 0.5) is 0 Å². The number of primary sulfonamides is 1. The molecule has 1 amide bonds. The van der Waals surface area contributed by atoms with Crippen LogP contribution in [0, 0.1) is 0 Å². The number of rotatable bonds is 5. The van der Waals surface area contributed by atoms with Gasteiger partial charge in [-0.25, -0.2) is 13.6 Å². The minimum absolute atomic E-state index is 0.217. The Bertz CT molecular complexity index is 710. The first-order chi connectivity index (χ1) is 9.85. The highest BCUT2D eigenvalue weighted by Crippen LogP contribution is 2.10. The summed E-state index contributed by atoms with van der Waals surface area (Å²) in [7, 11) is -1.98. The molecule has 0 fully saturated rings. The van der Waals surface area contributed by atoms with E-state index in [9.17, 15) is 13.2 Å². The zero-order chi connectivity index (χ0) is 15.5. The van der Waals surface area contributed by atoms with Gasteiger partial charge in [0.2, 0.25) is 16.4 Å². The summed E-state index contributed by atoms with van der Waals surface area (Å²) in [5, 5.41) is 8.59. The fraction of sp³-hybridized carbons (Fsp3) is 0.250. The summed E-state index contributed by atoms with van der Waals surface area (Å²) in [5.41, 5.74) is 0.953. The Balaban J connectivity index is 2.05. The monoisotopic (exact) mass is 310 g/mol. The molecule has 2 aromatic rings. The number of carbonyl (C=O) groups is 1. The molecule has 0 aliphatic rings. The lowest BCUT2D eigenvalue weighted by Crippen LogP contribution is -2.26. The van der Waals surface area contributed by atoms with E-state index < -0.39 is 10.0 Å². The third kappa shape index (κ3) is 4.36. The van der Waals surface area contributed by atoms with Gasteiger partial charge in [-0.15, -0.1) is 0 Å². The van der Waals surface area contributed by atoms with Crippen molar-refractivity contribution in [1.29, 1.82) is 0 Å². The molecule has 1 heterocycles. The van der Waals surface area contributed by atoms with E-state index in [2.05, 4.69) is 14.7 Å². The number of sulfonamides is 1. The highest BCUT2D eigenvalue weighted by atomic mass is 32.2. The summed E-state index contributed by atoms with van der Waals surface area (Å²) in [6, 6.07) is 6.21. The van der Waals surface area contributed by atoms with Gasteiger partial charge in [0.1, 0.15) is 0 Å². The number of nitrogens with zero attached hydrogens (tertiary/aromatic N) is 3. The molecule has 0 spiro atoms.